The highest BCUT2D eigenvalue weighted by Gasteiger charge is 2.25. The standard InChI is InChI=1S/C22H43N3/c1-8-10-11-22(25(7)14-9-2)19(5)16-20(12-13-23)21(17-24-6)15-18(3)4/h8,20-22,24H,1,3,5,9-17,23H2,2,4,6-7H3/t20-,21+,22?/m1/s1. The van der Waals surface area contributed by atoms with Crippen LogP contribution in [0, 0.1) is 11.8 Å². The van der Waals surface area contributed by atoms with E-state index in [0.717, 1.165) is 51.7 Å². The van der Waals surface area contributed by atoms with Crippen LogP contribution >= 0.6 is 0 Å². The smallest absolute Gasteiger partial charge is 0.0304 e. The second kappa shape index (κ2) is 14.3. The fourth-order valence-corrected chi connectivity index (χ4v) is 3.83. The average Bonchev–Trinajstić information content (AvgIpc) is 2.54. The summed E-state index contributed by atoms with van der Waals surface area (Å²) in [7, 11) is 4.25. The highest BCUT2D eigenvalue weighted by molar-refractivity contribution is 5.09. The molecule has 0 heterocycles. The maximum Gasteiger partial charge on any atom is 0.0304 e. The Morgan fingerprint density at radius 3 is 2.36 bits per heavy atom. The Bertz CT molecular complexity index is 389. The van der Waals surface area contributed by atoms with Crippen molar-refractivity contribution >= 4 is 0 Å². The number of rotatable bonds is 16. The molecule has 0 aliphatic heterocycles. The molecule has 3 atom stereocenters. The van der Waals surface area contributed by atoms with Crippen molar-refractivity contribution in [3.63, 3.8) is 0 Å². The van der Waals surface area contributed by atoms with Crippen LogP contribution in [0.2, 0.25) is 0 Å². The first kappa shape index (κ1) is 24.1. The molecule has 25 heavy (non-hydrogen) atoms. The van der Waals surface area contributed by atoms with Crippen LogP contribution in [0.1, 0.15) is 52.4 Å². The van der Waals surface area contributed by atoms with Gasteiger partial charge >= 0.3 is 0 Å². The van der Waals surface area contributed by atoms with Crippen LogP contribution in [0.3, 0.4) is 0 Å². The highest BCUT2D eigenvalue weighted by Crippen LogP contribution is 2.30. The predicted molar refractivity (Wildman–Crippen MR) is 114 cm³/mol. The molecular weight excluding hydrogens is 306 g/mol. The second-order valence-corrected chi connectivity index (χ2v) is 7.54. The molecule has 146 valence electrons. The molecule has 0 aromatic heterocycles. The monoisotopic (exact) mass is 349 g/mol. The van der Waals surface area contributed by atoms with Crippen molar-refractivity contribution in [2.24, 2.45) is 17.6 Å². The van der Waals surface area contributed by atoms with E-state index in [1.54, 1.807) is 0 Å². The largest absolute Gasteiger partial charge is 0.330 e. The third-order valence-corrected chi connectivity index (χ3v) is 5.03. The molecule has 0 saturated carbocycles. The Morgan fingerprint density at radius 1 is 1.20 bits per heavy atom. The lowest BCUT2D eigenvalue weighted by molar-refractivity contribution is 0.238. The zero-order chi connectivity index (χ0) is 19.2. The van der Waals surface area contributed by atoms with E-state index in [-0.39, 0.29) is 0 Å². The molecule has 0 fully saturated rings. The van der Waals surface area contributed by atoms with Crippen LogP contribution in [-0.2, 0) is 0 Å². The lowest BCUT2D eigenvalue weighted by Crippen LogP contribution is -2.36. The summed E-state index contributed by atoms with van der Waals surface area (Å²) in [4.78, 5) is 2.46. The number of nitrogens with two attached hydrogens (primary N) is 1. The van der Waals surface area contributed by atoms with Crippen molar-refractivity contribution in [3.8, 4) is 0 Å². The zero-order valence-electron chi connectivity index (χ0n) is 17.3. The van der Waals surface area contributed by atoms with E-state index in [2.05, 4.69) is 50.8 Å². The van der Waals surface area contributed by atoms with Gasteiger partial charge in [-0.15, -0.1) is 13.2 Å². The van der Waals surface area contributed by atoms with Gasteiger partial charge in [0.25, 0.3) is 0 Å². The first-order valence-electron chi connectivity index (χ1n) is 9.88. The molecule has 0 aliphatic rings. The number of likely N-dealkylation sites (N-methyl/N-ethyl adjacent to an activating group) is 1. The first-order chi connectivity index (χ1) is 11.9. The fourth-order valence-electron chi connectivity index (χ4n) is 3.83. The molecule has 3 N–H and O–H groups in total. The van der Waals surface area contributed by atoms with Gasteiger partial charge in [0.1, 0.15) is 0 Å². The van der Waals surface area contributed by atoms with Crippen molar-refractivity contribution in [1.29, 1.82) is 0 Å². The number of allylic oxidation sites excluding steroid dienone is 2. The van der Waals surface area contributed by atoms with Gasteiger partial charge in [0.2, 0.25) is 0 Å². The number of hydrogen-bond acceptors (Lipinski definition) is 3. The van der Waals surface area contributed by atoms with Crippen molar-refractivity contribution in [2.75, 3.05) is 33.7 Å². The lowest BCUT2D eigenvalue weighted by Gasteiger charge is -2.34. The molecule has 0 aromatic carbocycles. The van der Waals surface area contributed by atoms with Crippen molar-refractivity contribution in [2.45, 2.75) is 58.4 Å². The highest BCUT2D eigenvalue weighted by atomic mass is 15.1. The molecule has 0 bridgehead atoms. The second-order valence-electron chi connectivity index (χ2n) is 7.54. The number of nitrogens with zero attached hydrogens (tertiary/aromatic N) is 1. The van der Waals surface area contributed by atoms with Crippen molar-refractivity contribution in [1.82, 2.24) is 10.2 Å². The topological polar surface area (TPSA) is 41.3 Å². The quantitative estimate of drug-likeness (QED) is 0.406. The van der Waals surface area contributed by atoms with Crippen LogP contribution in [0.25, 0.3) is 0 Å². The first-order valence-corrected chi connectivity index (χ1v) is 9.88. The van der Waals surface area contributed by atoms with Crippen LogP contribution < -0.4 is 11.1 Å². The SMILES string of the molecule is C=CCCC(C(=C)C[C@@H](CCN)[C@H](CNC)CC(=C)C)N(C)CCC. The summed E-state index contributed by atoms with van der Waals surface area (Å²) in [5.74, 6) is 1.13. The van der Waals surface area contributed by atoms with Gasteiger partial charge in [-0.1, -0.05) is 30.7 Å². The Morgan fingerprint density at radius 2 is 1.88 bits per heavy atom. The van der Waals surface area contributed by atoms with Gasteiger partial charge in [0.15, 0.2) is 0 Å². The Kier molecular flexibility index (Phi) is 13.8. The van der Waals surface area contributed by atoms with E-state index in [0.29, 0.717) is 17.9 Å². The summed E-state index contributed by atoms with van der Waals surface area (Å²) in [6.45, 7) is 19.7. The molecule has 3 heteroatoms. The average molecular weight is 350 g/mol. The van der Waals surface area contributed by atoms with Gasteiger partial charge in [0.05, 0.1) is 0 Å². The van der Waals surface area contributed by atoms with Gasteiger partial charge in [0, 0.05) is 6.04 Å². The molecule has 1 unspecified atom stereocenters. The summed E-state index contributed by atoms with van der Waals surface area (Å²) in [6.07, 6.45) is 8.47. The molecular formula is C22H43N3. The third-order valence-electron chi connectivity index (χ3n) is 5.03. The normalized spacial score (nSPS) is 15.0. The Labute approximate surface area is 157 Å². The summed E-state index contributed by atoms with van der Waals surface area (Å²) in [5, 5.41) is 3.36. The molecule has 0 radical (unpaired) electrons. The maximum atomic E-state index is 5.94. The van der Waals surface area contributed by atoms with E-state index in [9.17, 15) is 0 Å². The molecule has 0 rings (SSSR count). The molecule has 0 spiro atoms. The lowest BCUT2D eigenvalue weighted by atomic mass is 9.79. The maximum absolute atomic E-state index is 5.94. The van der Waals surface area contributed by atoms with Crippen molar-refractivity contribution < 1.29 is 0 Å². The van der Waals surface area contributed by atoms with Crippen LogP contribution in [0.15, 0.2) is 37.0 Å². The Hall–Kier alpha value is -0.900. The number of nitrogens with one attached hydrogen (secondary N) is 1. The van der Waals surface area contributed by atoms with Gasteiger partial charge in [-0.3, -0.25) is 4.90 Å². The minimum Gasteiger partial charge on any atom is -0.330 e. The minimum absolute atomic E-state index is 0.429. The van der Waals surface area contributed by atoms with Crippen LogP contribution in [-0.4, -0.2) is 44.7 Å². The number of hydrogen-bond donors (Lipinski definition) is 2. The van der Waals surface area contributed by atoms with E-state index in [1.807, 2.05) is 13.1 Å². The fraction of sp³-hybridized carbons (Fsp3) is 0.727. The zero-order valence-corrected chi connectivity index (χ0v) is 17.3. The molecule has 0 aliphatic carbocycles. The molecule has 0 aromatic rings. The summed E-state index contributed by atoms with van der Waals surface area (Å²) in [6, 6.07) is 0.429. The van der Waals surface area contributed by atoms with Gasteiger partial charge in [-0.2, -0.15) is 0 Å². The summed E-state index contributed by atoms with van der Waals surface area (Å²) < 4.78 is 0. The molecule has 0 saturated heterocycles. The van der Waals surface area contributed by atoms with Gasteiger partial charge in [-0.25, -0.2) is 0 Å². The minimum atomic E-state index is 0.429. The summed E-state index contributed by atoms with van der Waals surface area (Å²) in [5.41, 5.74) is 8.53. The van der Waals surface area contributed by atoms with Crippen molar-refractivity contribution in [3.05, 3.63) is 37.0 Å². The van der Waals surface area contributed by atoms with E-state index in [1.165, 1.54) is 17.6 Å². The van der Waals surface area contributed by atoms with Gasteiger partial charge < -0.3 is 11.1 Å². The van der Waals surface area contributed by atoms with E-state index >= 15 is 0 Å². The predicted octanol–water partition coefficient (Wildman–Crippen LogP) is 4.38. The summed E-state index contributed by atoms with van der Waals surface area (Å²) >= 11 is 0. The molecule has 3 nitrogen and oxygen atoms in total. The van der Waals surface area contributed by atoms with E-state index < -0.39 is 0 Å². The Balaban J connectivity index is 5.15. The van der Waals surface area contributed by atoms with Crippen LogP contribution in [0.4, 0.5) is 0 Å². The van der Waals surface area contributed by atoms with Gasteiger partial charge in [-0.05, 0) is 91.0 Å². The third kappa shape index (κ3) is 9.98. The molecule has 0 amide bonds. The van der Waals surface area contributed by atoms with E-state index in [4.69, 9.17) is 5.73 Å². The van der Waals surface area contributed by atoms with Crippen LogP contribution in [0.5, 0.6) is 0 Å².